The van der Waals surface area contributed by atoms with Crippen molar-refractivity contribution in [3.8, 4) is 0 Å². The van der Waals surface area contributed by atoms with Crippen LogP contribution in [0.3, 0.4) is 0 Å². The van der Waals surface area contributed by atoms with E-state index in [1.807, 2.05) is 0 Å². The molecule has 1 heterocycles. The summed E-state index contributed by atoms with van der Waals surface area (Å²) in [7, 11) is 0. The zero-order valence-corrected chi connectivity index (χ0v) is 14.1. The fraction of sp³-hybridized carbons (Fsp3) is 0.667. The van der Waals surface area contributed by atoms with Gasteiger partial charge in [-0.15, -0.1) is 0 Å². The van der Waals surface area contributed by atoms with Crippen LogP contribution in [-0.2, 0) is 0 Å². The molecule has 118 valence electrons. The Balaban J connectivity index is 2.44. The molecule has 0 spiro atoms. The Bertz CT molecular complexity index is 460. The highest BCUT2D eigenvalue weighted by Gasteiger charge is 2.42. The molecule has 0 aliphatic carbocycles. The van der Waals surface area contributed by atoms with Gasteiger partial charge in [0.2, 0.25) is 0 Å². The first-order valence-electron chi connectivity index (χ1n) is 8.37. The van der Waals surface area contributed by atoms with Gasteiger partial charge in [0.1, 0.15) is 0 Å². The summed E-state index contributed by atoms with van der Waals surface area (Å²) in [5.41, 5.74) is 7.27. The number of likely N-dealkylation sites (tertiary alicyclic amines) is 1. The molecule has 3 heteroatoms. The second-order valence-corrected chi connectivity index (χ2v) is 6.46. The van der Waals surface area contributed by atoms with Crippen LogP contribution in [0.15, 0.2) is 18.2 Å². The van der Waals surface area contributed by atoms with E-state index in [-0.39, 0.29) is 11.6 Å². The van der Waals surface area contributed by atoms with Crippen molar-refractivity contribution in [1.82, 2.24) is 10.3 Å². The monoisotopic (exact) mass is 289 g/mol. The van der Waals surface area contributed by atoms with Crippen LogP contribution in [0, 0.1) is 13.8 Å². The molecule has 0 bridgehead atoms. The third-order valence-corrected chi connectivity index (χ3v) is 5.40. The molecule has 1 aliphatic rings. The van der Waals surface area contributed by atoms with E-state index in [0.717, 1.165) is 12.8 Å². The van der Waals surface area contributed by atoms with Crippen molar-refractivity contribution in [2.45, 2.75) is 65.0 Å². The fourth-order valence-corrected chi connectivity index (χ4v) is 4.13. The zero-order chi connectivity index (χ0) is 15.5. The standard InChI is InChI=1S/C18H31N3/c1-5-18(6-2,21-11-7-8-12-21)17(20-19)16-10-9-14(3)13-15(16)4/h9-10,13,17,20H,5-8,11-12,19H2,1-4H3. The van der Waals surface area contributed by atoms with Crippen molar-refractivity contribution in [3.63, 3.8) is 0 Å². The number of nitrogens with two attached hydrogens (primary N) is 1. The maximum Gasteiger partial charge on any atom is 0.0646 e. The summed E-state index contributed by atoms with van der Waals surface area (Å²) in [5.74, 6) is 6.04. The third-order valence-electron chi connectivity index (χ3n) is 5.40. The summed E-state index contributed by atoms with van der Waals surface area (Å²) in [5, 5.41) is 0. The van der Waals surface area contributed by atoms with Gasteiger partial charge in [0, 0.05) is 5.54 Å². The van der Waals surface area contributed by atoms with Gasteiger partial charge in [-0.25, -0.2) is 0 Å². The van der Waals surface area contributed by atoms with Crippen LogP contribution in [0.4, 0.5) is 0 Å². The third kappa shape index (κ3) is 3.01. The van der Waals surface area contributed by atoms with Crippen molar-refractivity contribution >= 4 is 0 Å². The van der Waals surface area contributed by atoms with Crippen molar-refractivity contribution in [2.24, 2.45) is 5.84 Å². The van der Waals surface area contributed by atoms with Crippen molar-refractivity contribution in [3.05, 3.63) is 34.9 Å². The van der Waals surface area contributed by atoms with Crippen LogP contribution in [0.25, 0.3) is 0 Å². The highest BCUT2D eigenvalue weighted by molar-refractivity contribution is 5.35. The van der Waals surface area contributed by atoms with E-state index >= 15 is 0 Å². The number of benzene rings is 1. The molecule has 1 atom stereocenters. The van der Waals surface area contributed by atoms with E-state index < -0.39 is 0 Å². The van der Waals surface area contributed by atoms with Crippen molar-refractivity contribution < 1.29 is 0 Å². The zero-order valence-electron chi connectivity index (χ0n) is 14.1. The SMILES string of the molecule is CCC(CC)(C(NN)c1ccc(C)cc1C)N1CCCC1. The second kappa shape index (κ2) is 6.91. The van der Waals surface area contributed by atoms with Crippen LogP contribution in [0.5, 0.6) is 0 Å². The van der Waals surface area contributed by atoms with Crippen molar-refractivity contribution in [1.29, 1.82) is 0 Å². The minimum Gasteiger partial charge on any atom is -0.296 e. The Labute approximate surface area is 129 Å². The average Bonchev–Trinajstić information content (AvgIpc) is 3.01. The normalized spacial score (nSPS) is 18.1. The van der Waals surface area contributed by atoms with Crippen LogP contribution >= 0.6 is 0 Å². The number of nitrogens with zero attached hydrogens (tertiary/aromatic N) is 1. The van der Waals surface area contributed by atoms with Gasteiger partial charge in [-0.3, -0.25) is 16.2 Å². The lowest BCUT2D eigenvalue weighted by molar-refractivity contribution is 0.0614. The lowest BCUT2D eigenvalue weighted by atomic mass is 9.78. The Hall–Kier alpha value is -0.900. The number of nitrogens with one attached hydrogen (secondary N) is 1. The van der Waals surface area contributed by atoms with Gasteiger partial charge < -0.3 is 0 Å². The summed E-state index contributed by atoms with van der Waals surface area (Å²) in [6, 6.07) is 6.91. The van der Waals surface area contributed by atoms with E-state index in [1.54, 1.807) is 0 Å². The van der Waals surface area contributed by atoms with Crippen LogP contribution in [0.1, 0.15) is 62.3 Å². The van der Waals surface area contributed by atoms with Gasteiger partial charge in [0.05, 0.1) is 6.04 Å². The van der Waals surface area contributed by atoms with Gasteiger partial charge in [-0.05, 0) is 63.7 Å². The summed E-state index contributed by atoms with van der Waals surface area (Å²) in [6.07, 6.45) is 4.86. The summed E-state index contributed by atoms with van der Waals surface area (Å²) in [4.78, 5) is 2.66. The summed E-state index contributed by atoms with van der Waals surface area (Å²) in [6.45, 7) is 11.3. The maximum absolute atomic E-state index is 6.04. The van der Waals surface area contributed by atoms with E-state index in [0.29, 0.717) is 0 Å². The molecule has 3 N–H and O–H groups in total. The highest BCUT2D eigenvalue weighted by atomic mass is 15.3. The highest BCUT2D eigenvalue weighted by Crippen LogP contribution is 2.40. The minimum atomic E-state index is 0.116. The number of aryl methyl sites for hydroxylation is 2. The van der Waals surface area contributed by atoms with E-state index in [9.17, 15) is 0 Å². The molecule has 1 aromatic rings. The molecule has 2 rings (SSSR count). The second-order valence-electron chi connectivity index (χ2n) is 6.46. The summed E-state index contributed by atoms with van der Waals surface area (Å²) >= 11 is 0. The predicted octanol–water partition coefficient (Wildman–Crippen LogP) is 3.46. The number of hydrogen-bond acceptors (Lipinski definition) is 3. The van der Waals surface area contributed by atoms with Gasteiger partial charge in [0.15, 0.2) is 0 Å². The fourth-order valence-electron chi connectivity index (χ4n) is 4.13. The lowest BCUT2D eigenvalue weighted by Gasteiger charge is -2.47. The van der Waals surface area contributed by atoms with Gasteiger partial charge in [-0.1, -0.05) is 37.6 Å². The van der Waals surface area contributed by atoms with Crippen LogP contribution < -0.4 is 11.3 Å². The van der Waals surface area contributed by atoms with Crippen LogP contribution in [-0.4, -0.2) is 23.5 Å². The van der Waals surface area contributed by atoms with E-state index in [4.69, 9.17) is 5.84 Å². The van der Waals surface area contributed by atoms with E-state index in [2.05, 4.69) is 56.2 Å². The lowest BCUT2D eigenvalue weighted by Crippen LogP contribution is -2.56. The number of hydrazine groups is 1. The molecule has 21 heavy (non-hydrogen) atoms. The van der Waals surface area contributed by atoms with Gasteiger partial charge >= 0.3 is 0 Å². The molecule has 3 nitrogen and oxygen atoms in total. The maximum atomic E-state index is 6.04. The summed E-state index contributed by atoms with van der Waals surface area (Å²) < 4.78 is 0. The molecule has 0 aromatic heterocycles. The first-order valence-corrected chi connectivity index (χ1v) is 8.37. The van der Waals surface area contributed by atoms with Gasteiger partial charge in [0.25, 0.3) is 0 Å². The molecule has 0 amide bonds. The largest absolute Gasteiger partial charge is 0.296 e. The van der Waals surface area contributed by atoms with Gasteiger partial charge in [-0.2, -0.15) is 0 Å². The minimum absolute atomic E-state index is 0.116. The molecule has 1 aliphatic heterocycles. The molecule has 1 saturated heterocycles. The Morgan fingerprint density at radius 2 is 1.81 bits per heavy atom. The number of hydrogen-bond donors (Lipinski definition) is 2. The molecule has 1 fully saturated rings. The Kier molecular flexibility index (Phi) is 5.42. The topological polar surface area (TPSA) is 41.3 Å². The first kappa shape index (κ1) is 16.5. The molecule has 0 saturated carbocycles. The first-order chi connectivity index (χ1) is 10.1. The molecular weight excluding hydrogens is 258 g/mol. The molecule has 0 radical (unpaired) electrons. The smallest absolute Gasteiger partial charge is 0.0646 e. The van der Waals surface area contributed by atoms with E-state index in [1.165, 1.54) is 42.6 Å². The van der Waals surface area contributed by atoms with Crippen LogP contribution in [0.2, 0.25) is 0 Å². The molecular formula is C18H31N3. The van der Waals surface area contributed by atoms with Crippen molar-refractivity contribution in [2.75, 3.05) is 13.1 Å². The quantitative estimate of drug-likeness (QED) is 0.622. The Morgan fingerprint density at radius 1 is 1.19 bits per heavy atom. The predicted molar refractivity (Wildman–Crippen MR) is 90.1 cm³/mol. The molecule has 1 unspecified atom stereocenters. The average molecular weight is 289 g/mol. The number of rotatable bonds is 6. The molecule has 1 aromatic carbocycles. The Morgan fingerprint density at radius 3 is 2.29 bits per heavy atom.